The monoisotopic (exact) mass is 268 g/mol. The number of rotatable bonds is 2. The first kappa shape index (κ1) is 14.3. The second-order valence-electron chi connectivity index (χ2n) is 4.97. The van der Waals surface area contributed by atoms with Gasteiger partial charge in [-0.1, -0.05) is 43.0 Å². The van der Waals surface area contributed by atoms with Gasteiger partial charge in [0.1, 0.15) is 11.4 Å². The predicted octanol–water partition coefficient (Wildman–Crippen LogP) is 4.01. The summed E-state index contributed by atoms with van der Waals surface area (Å²) in [7, 11) is 0. The van der Waals surface area contributed by atoms with E-state index in [0.717, 1.165) is 16.7 Å². The van der Waals surface area contributed by atoms with Gasteiger partial charge < -0.3 is 5.11 Å². The largest absolute Gasteiger partial charge is 0.378 e. The number of hydrogen-bond donors (Lipinski definition) is 1. The number of halogens is 1. The molecule has 0 saturated carbocycles. The van der Waals surface area contributed by atoms with Crippen LogP contribution in [0.5, 0.6) is 0 Å². The number of aliphatic hydroxyl groups is 1. The Labute approximate surface area is 119 Å². The fourth-order valence-corrected chi connectivity index (χ4v) is 1.71. The fourth-order valence-electron chi connectivity index (χ4n) is 1.71. The van der Waals surface area contributed by atoms with Gasteiger partial charge in [-0.2, -0.15) is 0 Å². The lowest BCUT2D eigenvalue weighted by atomic mass is 10.0. The van der Waals surface area contributed by atoms with Gasteiger partial charge in [-0.15, -0.1) is 0 Å². The molecule has 0 fully saturated rings. The van der Waals surface area contributed by atoms with E-state index in [1.165, 1.54) is 12.1 Å². The predicted molar refractivity (Wildman–Crippen MR) is 79.6 cm³/mol. The van der Waals surface area contributed by atoms with E-state index >= 15 is 0 Å². The molecular weight excluding hydrogens is 251 g/mol. The van der Waals surface area contributed by atoms with Crippen molar-refractivity contribution in [1.29, 1.82) is 0 Å². The molecule has 1 unspecified atom stereocenters. The van der Waals surface area contributed by atoms with Gasteiger partial charge >= 0.3 is 0 Å². The van der Waals surface area contributed by atoms with E-state index in [9.17, 15) is 9.50 Å². The second kappa shape index (κ2) is 5.90. The molecule has 0 bridgehead atoms. The average molecular weight is 268 g/mol. The zero-order valence-electron chi connectivity index (χ0n) is 11.7. The normalized spacial score (nSPS) is 13.2. The Morgan fingerprint density at radius 1 is 1.10 bits per heavy atom. The molecule has 0 aliphatic carbocycles. The third kappa shape index (κ3) is 3.69. The lowest BCUT2D eigenvalue weighted by molar-refractivity contribution is 0.118. The van der Waals surface area contributed by atoms with Crippen LogP contribution in [0.4, 0.5) is 4.39 Å². The molecule has 1 N–H and O–H groups in total. The average Bonchev–Trinajstić information content (AvgIpc) is 2.46. The summed E-state index contributed by atoms with van der Waals surface area (Å²) in [5, 5.41) is 9.83. The Morgan fingerprint density at radius 3 is 2.40 bits per heavy atom. The van der Waals surface area contributed by atoms with Crippen LogP contribution in [0.3, 0.4) is 0 Å². The van der Waals surface area contributed by atoms with Gasteiger partial charge in [-0.25, -0.2) is 4.39 Å². The number of benzene rings is 2. The third-order valence-corrected chi connectivity index (χ3v) is 3.21. The molecule has 0 aromatic heterocycles. The van der Waals surface area contributed by atoms with E-state index < -0.39 is 5.60 Å². The molecule has 0 amide bonds. The summed E-state index contributed by atoms with van der Waals surface area (Å²) in [5.74, 6) is 5.55. The topological polar surface area (TPSA) is 20.2 Å². The molecule has 20 heavy (non-hydrogen) atoms. The van der Waals surface area contributed by atoms with Crippen LogP contribution in [0.25, 0.3) is 11.1 Å². The quantitative estimate of drug-likeness (QED) is 0.816. The van der Waals surface area contributed by atoms with Crippen molar-refractivity contribution < 1.29 is 9.50 Å². The summed E-state index contributed by atoms with van der Waals surface area (Å²) >= 11 is 0. The van der Waals surface area contributed by atoms with E-state index in [2.05, 4.69) is 11.8 Å². The summed E-state index contributed by atoms with van der Waals surface area (Å²) in [6.07, 6.45) is 0.585. The highest BCUT2D eigenvalue weighted by Gasteiger charge is 2.12. The molecule has 2 heteroatoms. The molecule has 0 saturated heterocycles. The van der Waals surface area contributed by atoms with Crippen LogP contribution in [-0.4, -0.2) is 10.7 Å². The highest BCUT2D eigenvalue weighted by Crippen LogP contribution is 2.20. The fraction of sp³-hybridized carbons (Fsp3) is 0.222. The van der Waals surface area contributed by atoms with Gasteiger partial charge in [0.05, 0.1) is 0 Å². The van der Waals surface area contributed by atoms with Gasteiger partial charge in [0, 0.05) is 5.56 Å². The van der Waals surface area contributed by atoms with E-state index in [-0.39, 0.29) is 5.82 Å². The van der Waals surface area contributed by atoms with Crippen LogP contribution in [0.2, 0.25) is 0 Å². The molecular formula is C18H17FO. The maximum absolute atomic E-state index is 13.2. The summed E-state index contributed by atoms with van der Waals surface area (Å²) in [6, 6.07) is 14.0. The molecule has 0 heterocycles. The first-order valence-electron chi connectivity index (χ1n) is 6.62. The lowest BCUT2D eigenvalue weighted by Crippen LogP contribution is -2.19. The van der Waals surface area contributed by atoms with Crippen molar-refractivity contribution >= 4 is 0 Å². The second-order valence-corrected chi connectivity index (χ2v) is 4.97. The van der Waals surface area contributed by atoms with Gasteiger partial charge in [0.2, 0.25) is 0 Å². The van der Waals surface area contributed by atoms with E-state index in [1.807, 2.05) is 37.3 Å². The Balaban J connectivity index is 2.23. The van der Waals surface area contributed by atoms with Crippen molar-refractivity contribution in [2.24, 2.45) is 0 Å². The molecule has 0 aliphatic rings. The summed E-state index contributed by atoms with van der Waals surface area (Å²) < 4.78 is 13.2. The van der Waals surface area contributed by atoms with Crippen molar-refractivity contribution in [1.82, 2.24) is 0 Å². The molecule has 1 nitrogen and oxygen atoms in total. The molecule has 2 aromatic carbocycles. The van der Waals surface area contributed by atoms with E-state index in [4.69, 9.17) is 0 Å². The minimum absolute atomic E-state index is 0.245. The third-order valence-electron chi connectivity index (χ3n) is 3.21. The van der Waals surface area contributed by atoms with Crippen LogP contribution < -0.4 is 0 Å². The van der Waals surface area contributed by atoms with Crippen LogP contribution in [0.1, 0.15) is 25.8 Å². The van der Waals surface area contributed by atoms with Gasteiger partial charge in [0.15, 0.2) is 0 Å². The Kier molecular flexibility index (Phi) is 4.22. The Bertz CT molecular complexity index is 645. The SMILES string of the molecule is CCC(C)(O)C#Cc1ccc(-c2cccc(F)c2)cc1. The summed E-state index contributed by atoms with van der Waals surface area (Å²) in [6.45, 7) is 3.59. The molecule has 2 aromatic rings. The zero-order valence-corrected chi connectivity index (χ0v) is 11.7. The lowest BCUT2D eigenvalue weighted by Gasteiger charge is -2.11. The highest BCUT2D eigenvalue weighted by atomic mass is 19.1. The van der Waals surface area contributed by atoms with Crippen molar-refractivity contribution in [3.8, 4) is 23.0 Å². The molecule has 2 rings (SSSR count). The van der Waals surface area contributed by atoms with Gasteiger partial charge in [-0.3, -0.25) is 0 Å². The minimum Gasteiger partial charge on any atom is -0.378 e. The maximum atomic E-state index is 13.2. The minimum atomic E-state index is -0.957. The number of hydrogen-bond acceptors (Lipinski definition) is 1. The highest BCUT2D eigenvalue weighted by molar-refractivity contribution is 5.64. The van der Waals surface area contributed by atoms with E-state index in [1.54, 1.807) is 13.0 Å². The van der Waals surface area contributed by atoms with Crippen molar-refractivity contribution in [3.63, 3.8) is 0 Å². The van der Waals surface area contributed by atoms with E-state index in [0.29, 0.717) is 6.42 Å². The first-order chi connectivity index (χ1) is 9.50. The van der Waals surface area contributed by atoms with Gasteiger partial charge in [-0.05, 0) is 48.7 Å². The molecule has 1 atom stereocenters. The summed E-state index contributed by atoms with van der Waals surface area (Å²) in [5.41, 5.74) is 1.66. The summed E-state index contributed by atoms with van der Waals surface area (Å²) in [4.78, 5) is 0. The van der Waals surface area contributed by atoms with Crippen LogP contribution in [0.15, 0.2) is 48.5 Å². The molecule has 0 radical (unpaired) electrons. The van der Waals surface area contributed by atoms with Crippen molar-refractivity contribution in [2.45, 2.75) is 25.9 Å². The molecule has 0 aliphatic heterocycles. The standard InChI is InChI=1S/C18H17FO/c1-3-18(2,20)12-11-14-7-9-15(10-8-14)16-5-4-6-17(19)13-16/h4-10,13,20H,3H2,1-2H3. The van der Waals surface area contributed by atoms with Crippen molar-refractivity contribution in [2.75, 3.05) is 0 Å². The van der Waals surface area contributed by atoms with Crippen LogP contribution in [-0.2, 0) is 0 Å². The maximum Gasteiger partial charge on any atom is 0.123 e. The smallest absolute Gasteiger partial charge is 0.123 e. The Hall–Kier alpha value is -2.11. The van der Waals surface area contributed by atoms with Crippen molar-refractivity contribution in [3.05, 3.63) is 59.9 Å². The van der Waals surface area contributed by atoms with Gasteiger partial charge in [0.25, 0.3) is 0 Å². The molecule has 102 valence electrons. The first-order valence-corrected chi connectivity index (χ1v) is 6.62. The Morgan fingerprint density at radius 2 is 1.80 bits per heavy atom. The molecule has 0 spiro atoms. The van der Waals surface area contributed by atoms with Crippen LogP contribution in [0, 0.1) is 17.7 Å². The zero-order chi connectivity index (χ0) is 14.6. The van der Waals surface area contributed by atoms with Crippen LogP contribution >= 0.6 is 0 Å².